The number of Topliss-reactive ketones (excluding diaryl/α,β-unsaturated/α-hetero) is 1. The van der Waals surface area contributed by atoms with Crippen LogP contribution >= 0.6 is 0 Å². The predicted octanol–water partition coefficient (Wildman–Crippen LogP) is 3.74. The third-order valence-corrected chi connectivity index (χ3v) is 7.79. The van der Waals surface area contributed by atoms with Crippen LogP contribution in [0.25, 0.3) is 0 Å². The third-order valence-electron chi connectivity index (χ3n) is 7.79. The molecule has 0 spiro atoms. The van der Waals surface area contributed by atoms with Gasteiger partial charge in [-0.15, -0.1) is 0 Å². The fourth-order valence-electron chi connectivity index (χ4n) is 6.55. The fraction of sp³-hybridized carbons (Fsp3) is 0.714. The molecule has 24 heavy (non-hydrogen) atoms. The van der Waals surface area contributed by atoms with Crippen molar-refractivity contribution in [2.75, 3.05) is 13.7 Å². The van der Waals surface area contributed by atoms with Gasteiger partial charge in [0.2, 0.25) is 0 Å². The van der Waals surface area contributed by atoms with Crippen molar-refractivity contribution in [2.24, 2.45) is 34.5 Å². The molecule has 130 valence electrons. The molecule has 0 bridgehead atoms. The minimum Gasteiger partial charge on any atom is -0.384 e. The highest BCUT2D eigenvalue weighted by atomic mass is 16.5. The summed E-state index contributed by atoms with van der Waals surface area (Å²) in [6.45, 7) is 5.19. The van der Waals surface area contributed by atoms with Crippen LogP contribution < -0.4 is 0 Å². The molecule has 4 rings (SSSR count). The Morgan fingerprint density at radius 3 is 2.75 bits per heavy atom. The van der Waals surface area contributed by atoms with E-state index < -0.39 is 0 Å². The molecule has 0 amide bonds. The first kappa shape index (κ1) is 16.3. The Labute approximate surface area is 144 Å². The summed E-state index contributed by atoms with van der Waals surface area (Å²) in [5.41, 5.74) is 1.11. The first-order chi connectivity index (χ1) is 11.4. The number of ketones is 2. The molecule has 0 radical (unpaired) electrons. The van der Waals surface area contributed by atoms with Gasteiger partial charge in [0.25, 0.3) is 0 Å². The maximum atomic E-state index is 12.5. The van der Waals surface area contributed by atoms with Gasteiger partial charge >= 0.3 is 0 Å². The quantitative estimate of drug-likeness (QED) is 0.775. The second-order valence-electron chi connectivity index (χ2n) is 8.80. The maximum absolute atomic E-state index is 12.5. The van der Waals surface area contributed by atoms with Crippen LogP contribution in [0.4, 0.5) is 0 Å². The number of methoxy groups -OCH3 is 1. The topological polar surface area (TPSA) is 43.4 Å². The van der Waals surface area contributed by atoms with Crippen molar-refractivity contribution < 1.29 is 14.3 Å². The van der Waals surface area contributed by atoms with Crippen molar-refractivity contribution in [1.82, 2.24) is 0 Å². The van der Waals surface area contributed by atoms with E-state index in [1.165, 1.54) is 5.57 Å². The number of ether oxygens (including phenoxy) is 1. The Morgan fingerprint density at radius 1 is 1.21 bits per heavy atom. The van der Waals surface area contributed by atoms with E-state index >= 15 is 0 Å². The third kappa shape index (κ3) is 2.06. The molecule has 1 unspecified atom stereocenters. The van der Waals surface area contributed by atoms with Gasteiger partial charge in [-0.05, 0) is 55.6 Å². The van der Waals surface area contributed by atoms with E-state index in [4.69, 9.17) is 4.74 Å². The Bertz CT molecular complexity index is 645. The number of hydrogen-bond donors (Lipinski definition) is 0. The number of rotatable bonds is 2. The van der Waals surface area contributed by atoms with E-state index in [0.29, 0.717) is 36.1 Å². The zero-order valence-corrected chi connectivity index (χ0v) is 15.0. The molecule has 0 aliphatic heterocycles. The van der Waals surface area contributed by atoms with Gasteiger partial charge in [0.15, 0.2) is 5.78 Å². The fourth-order valence-corrected chi connectivity index (χ4v) is 6.55. The minimum absolute atomic E-state index is 0.0486. The molecule has 4 aliphatic rings. The summed E-state index contributed by atoms with van der Waals surface area (Å²) in [6.07, 6.45) is 10.8. The highest BCUT2D eigenvalue weighted by Crippen LogP contribution is 2.64. The number of hydrogen-bond acceptors (Lipinski definition) is 3. The van der Waals surface area contributed by atoms with Crippen LogP contribution in [0.1, 0.15) is 46.0 Å². The molecular formula is C21H28O3. The van der Waals surface area contributed by atoms with Crippen LogP contribution in [0.2, 0.25) is 0 Å². The lowest BCUT2D eigenvalue weighted by atomic mass is 9.46. The SMILES string of the molecule is COCC1C[C@@H]2[C@H](CC[C@]3(C)C(=O)CC[C@@H]23)[C@@]2(C)C=CC(=O)C=C12. The Kier molecular flexibility index (Phi) is 3.65. The monoisotopic (exact) mass is 328 g/mol. The lowest BCUT2D eigenvalue weighted by molar-refractivity contribution is -0.132. The Morgan fingerprint density at radius 2 is 2.00 bits per heavy atom. The summed E-state index contributed by atoms with van der Waals surface area (Å²) in [7, 11) is 1.74. The lowest BCUT2D eigenvalue weighted by Gasteiger charge is -2.57. The molecule has 6 atom stereocenters. The molecule has 3 nitrogen and oxygen atoms in total. The summed E-state index contributed by atoms with van der Waals surface area (Å²) in [4.78, 5) is 24.5. The molecule has 3 fully saturated rings. The van der Waals surface area contributed by atoms with Crippen LogP contribution in [0.5, 0.6) is 0 Å². The van der Waals surface area contributed by atoms with E-state index in [9.17, 15) is 9.59 Å². The number of carbonyl (C=O) groups is 2. The molecule has 3 saturated carbocycles. The van der Waals surface area contributed by atoms with Gasteiger partial charge in [-0.1, -0.05) is 25.5 Å². The standard InChI is InChI=1S/C21H28O3/c1-20-8-6-14(22)11-18(20)13(12-24-3)10-15-16-4-5-19(23)21(16,2)9-7-17(15)20/h6,8,11,13,15-17H,4-5,7,9-10,12H2,1-3H3/t13?,15-,16-,17-,20+,21-/m0/s1. The molecule has 4 aliphatic carbocycles. The van der Waals surface area contributed by atoms with Crippen molar-refractivity contribution in [1.29, 1.82) is 0 Å². The minimum atomic E-state index is -0.107. The number of fused-ring (bicyclic) bond motifs is 5. The Balaban J connectivity index is 1.75. The van der Waals surface area contributed by atoms with Gasteiger partial charge in [-0.2, -0.15) is 0 Å². The summed E-state index contributed by atoms with van der Waals surface area (Å²) in [5.74, 6) is 2.51. The van der Waals surface area contributed by atoms with Crippen molar-refractivity contribution in [3.63, 3.8) is 0 Å². The first-order valence-corrected chi connectivity index (χ1v) is 9.37. The zero-order valence-electron chi connectivity index (χ0n) is 15.0. The van der Waals surface area contributed by atoms with Gasteiger partial charge in [0.1, 0.15) is 5.78 Å². The van der Waals surface area contributed by atoms with Gasteiger partial charge in [0.05, 0.1) is 6.61 Å². The van der Waals surface area contributed by atoms with E-state index in [2.05, 4.69) is 19.9 Å². The van der Waals surface area contributed by atoms with Crippen molar-refractivity contribution in [3.8, 4) is 0 Å². The van der Waals surface area contributed by atoms with E-state index in [1.54, 1.807) is 13.2 Å². The van der Waals surface area contributed by atoms with E-state index in [-0.39, 0.29) is 16.6 Å². The van der Waals surface area contributed by atoms with Crippen LogP contribution in [0.15, 0.2) is 23.8 Å². The van der Waals surface area contributed by atoms with Crippen LogP contribution in [0, 0.1) is 34.5 Å². The zero-order chi connectivity index (χ0) is 17.1. The van der Waals surface area contributed by atoms with Crippen molar-refractivity contribution >= 4 is 11.6 Å². The second-order valence-corrected chi connectivity index (χ2v) is 8.80. The number of carbonyl (C=O) groups excluding carboxylic acids is 2. The van der Waals surface area contributed by atoms with Gasteiger partial charge in [0, 0.05) is 30.3 Å². The van der Waals surface area contributed by atoms with Crippen LogP contribution in [-0.2, 0) is 14.3 Å². The molecule has 0 aromatic carbocycles. The summed E-state index contributed by atoms with van der Waals surface area (Å²) in [6, 6.07) is 0. The van der Waals surface area contributed by atoms with Gasteiger partial charge in [-0.3, -0.25) is 9.59 Å². The molecule has 0 N–H and O–H groups in total. The molecular weight excluding hydrogens is 300 g/mol. The second kappa shape index (κ2) is 5.39. The van der Waals surface area contributed by atoms with E-state index in [1.807, 2.05) is 6.08 Å². The molecule has 3 heteroatoms. The van der Waals surface area contributed by atoms with Gasteiger partial charge in [-0.25, -0.2) is 0 Å². The number of allylic oxidation sites excluding steroid dienone is 3. The normalized spacial score (nSPS) is 47.0. The summed E-state index contributed by atoms with van der Waals surface area (Å²) < 4.78 is 5.50. The molecule has 0 aromatic heterocycles. The highest BCUT2D eigenvalue weighted by Gasteiger charge is 2.59. The largest absolute Gasteiger partial charge is 0.384 e. The highest BCUT2D eigenvalue weighted by molar-refractivity contribution is 6.01. The van der Waals surface area contributed by atoms with Crippen molar-refractivity contribution in [2.45, 2.75) is 46.0 Å². The van der Waals surface area contributed by atoms with E-state index in [0.717, 1.165) is 32.1 Å². The predicted molar refractivity (Wildman–Crippen MR) is 92.4 cm³/mol. The lowest BCUT2D eigenvalue weighted by Crippen LogP contribution is -2.52. The van der Waals surface area contributed by atoms with Crippen LogP contribution in [-0.4, -0.2) is 25.3 Å². The average Bonchev–Trinajstić information content (AvgIpc) is 2.85. The smallest absolute Gasteiger partial charge is 0.178 e. The molecule has 0 aromatic rings. The summed E-state index contributed by atoms with van der Waals surface area (Å²) in [5, 5.41) is 0. The van der Waals surface area contributed by atoms with Gasteiger partial charge < -0.3 is 4.74 Å². The van der Waals surface area contributed by atoms with Crippen LogP contribution in [0.3, 0.4) is 0 Å². The Hall–Kier alpha value is -1.22. The molecule has 0 saturated heterocycles. The maximum Gasteiger partial charge on any atom is 0.178 e. The van der Waals surface area contributed by atoms with Crippen molar-refractivity contribution in [3.05, 3.63) is 23.8 Å². The first-order valence-electron chi connectivity index (χ1n) is 9.37. The summed E-state index contributed by atoms with van der Waals surface area (Å²) >= 11 is 0. The average molecular weight is 328 g/mol. The molecule has 0 heterocycles.